The van der Waals surface area contributed by atoms with Gasteiger partial charge in [-0.1, -0.05) is 30.3 Å². The Labute approximate surface area is 161 Å². The Kier molecular flexibility index (Phi) is 4.12. The van der Waals surface area contributed by atoms with E-state index in [-0.39, 0.29) is 11.9 Å². The van der Waals surface area contributed by atoms with Gasteiger partial charge in [-0.15, -0.1) is 5.10 Å². The fourth-order valence-corrected chi connectivity index (χ4v) is 4.00. The molecule has 7 nitrogen and oxygen atoms in total. The monoisotopic (exact) mass is 372 g/mol. The average molecular weight is 372 g/mol. The molecule has 0 bridgehead atoms. The van der Waals surface area contributed by atoms with Gasteiger partial charge < -0.3 is 10.3 Å². The van der Waals surface area contributed by atoms with Gasteiger partial charge in [-0.3, -0.25) is 4.79 Å². The Morgan fingerprint density at radius 3 is 2.86 bits per heavy atom. The zero-order valence-electron chi connectivity index (χ0n) is 15.3. The van der Waals surface area contributed by atoms with Crippen LogP contribution < -0.4 is 5.32 Å². The first kappa shape index (κ1) is 16.7. The number of aryl methyl sites for hydroxylation is 1. The van der Waals surface area contributed by atoms with Gasteiger partial charge in [0.2, 0.25) is 0 Å². The maximum Gasteiger partial charge on any atom is 0.251 e. The molecular weight excluding hydrogens is 352 g/mol. The van der Waals surface area contributed by atoms with Crippen LogP contribution >= 0.6 is 0 Å². The molecule has 0 saturated carbocycles. The Morgan fingerprint density at radius 1 is 1.18 bits per heavy atom. The smallest absolute Gasteiger partial charge is 0.251 e. The number of rotatable bonds is 4. The van der Waals surface area contributed by atoms with Crippen LogP contribution in [-0.2, 0) is 13.0 Å². The molecule has 5 rings (SSSR count). The molecule has 0 spiro atoms. The second-order valence-corrected chi connectivity index (χ2v) is 7.19. The molecule has 7 heteroatoms. The van der Waals surface area contributed by atoms with E-state index in [1.807, 2.05) is 30.3 Å². The summed E-state index contributed by atoms with van der Waals surface area (Å²) in [6.07, 6.45) is 4.65. The minimum atomic E-state index is -0.0505. The number of aromatic nitrogens is 5. The Bertz CT molecular complexity index is 1110. The lowest BCUT2D eigenvalue weighted by atomic mass is 9.91. The van der Waals surface area contributed by atoms with E-state index in [0.29, 0.717) is 12.1 Å². The average Bonchev–Trinajstić information content (AvgIpc) is 3.37. The van der Waals surface area contributed by atoms with E-state index in [9.17, 15) is 4.79 Å². The number of hydrogen-bond acceptors (Lipinski definition) is 4. The fourth-order valence-electron chi connectivity index (χ4n) is 4.00. The normalized spacial score (nSPS) is 16.1. The van der Waals surface area contributed by atoms with Crippen LogP contribution in [0.3, 0.4) is 0 Å². The van der Waals surface area contributed by atoms with Crippen molar-refractivity contribution in [1.82, 2.24) is 30.5 Å². The molecular formula is C21H20N6O. The summed E-state index contributed by atoms with van der Waals surface area (Å²) < 4.78 is 1.65. The summed E-state index contributed by atoms with van der Waals surface area (Å²) in [5.74, 6) is -0.0505. The van der Waals surface area contributed by atoms with Gasteiger partial charge in [0.1, 0.15) is 6.33 Å². The summed E-state index contributed by atoms with van der Waals surface area (Å²) in [4.78, 5) is 16.3. The molecule has 0 aliphatic heterocycles. The van der Waals surface area contributed by atoms with Gasteiger partial charge in [0, 0.05) is 22.2 Å². The topological polar surface area (TPSA) is 88.5 Å². The minimum Gasteiger partial charge on any atom is -0.356 e. The molecule has 0 saturated heterocycles. The van der Waals surface area contributed by atoms with E-state index in [4.69, 9.17) is 0 Å². The van der Waals surface area contributed by atoms with Crippen LogP contribution in [0.15, 0.2) is 54.9 Å². The number of para-hydroxylation sites is 1. The zero-order valence-corrected chi connectivity index (χ0v) is 15.3. The van der Waals surface area contributed by atoms with Gasteiger partial charge >= 0.3 is 0 Å². The van der Waals surface area contributed by atoms with Crippen molar-refractivity contribution in [1.29, 1.82) is 0 Å². The molecule has 1 atom stereocenters. The minimum absolute atomic E-state index is 0.0181. The number of tetrazole rings is 1. The van der Waals surface area contributed by atoms with Gasteiger partial charge in [-0.2, -0.15) is 0 Å². The van der Waals surface area contributed by atoms with Gasteiger partial charge in [0.25, 0.3) is 5.91 Å². The van der Waals surface area contributed by atoms with E-state index in [2.05, 4.69) is 44.0 Å². The molecule has 2 aromatic carbocycles. The molecule has 2 aromatic heterocycles. The van der Waals surface area contributed by atoms with Crippen LogP contribution in [0.25, 0.3) is 10.9 Å². The molecule has 1 amide bonds. The van der Waals surface area contributed by atoms with Crippen LogP contribution in [0.5, 0.6) is 0 Å². The Balaban J connectivity index is 1.33. The van der Waals surface area contributed by atoms with Crippen molar-refractivity contribution in [2.45, 2.75) is 31.8 Å². The number of benzene rings is 2. The predicted molar refractivity (Wildman–Crippen MR) is 105 cm³/mol. The number of hydrogen-bond donors (Lipinski definition) is 2. The number of nitrogens with one attached hydrogen (secondary N) is 2. The number of amides is 1. The van der Waals surface area contributed by atoms with Crippen molar-refractivity contribution in [3.8, 4) is 0 Å². The van der Waals surface area contributed by atoms with E-state index in [1.165, 1.54) is 10.9 Å². The van der Waals surface area contributed by atoms with Crippen LogP contribution in [0.4, 0.5) is 0 Å². The third-order valence-corrected chi connectivity index (χ3v) is 5.37. The first-order chi connectivity index (χ1) is 13.8. The number of H-pyrrole nitrogens is 1. The number of carbonyl (C=O) groups is 1. The van der Waals surface area contributed by atoms with Crippen molar-refractivity contribution in [2.75, 3.05) is 0 Å². The van der Waals surface area contributed by atoms with E-state index >= 15 is 0 Å². The van der Waals surface area contributed by atoms with Gasteiger partial charge in [0.15, 0.2) is 0 Å². The maximum atomic E-state index is 12.8. The molecule has 1 aliphatic rings. The molecule has 140 valence electrons. The van der Waals surface area contributed by atoms with Crippen molar-refractivity contribution < 1.29 is 4.79 Å². The van der Waals surface area contributed by atoms with Crippen molar-refractivity contribution in [2.24, 2.45) is 0 Å². The largest absolute Gasteiger partial charge is 0.356 e. The second-order valence-electron chi connectivity index (χ2n) is 7.19. The van der Waals surface area contributed by atoms with Crippen molar-refractivity contribution >= 4 is 16.8 Å². The number of carbonyl (C=O) groups excluding carboxylic acids is 1. The molecule has 0 fully saturated rings. The highest BCUT2D eigenvalue weighted by Gasteiger charge is 2.25. The third kappa shape index (κ3) is 3.05. The highest BCUT2D eigenvalue weighted by molar-refractivity contribution is 5.94. The van der Waals surface area contributed by atoms with E-state index in [0.717, 1.165) is 36.0 Å². The van der Waals surface area contributed by atoms with Crippen molar-refractivity contribution in [3.63, 3.8) is 0 Å². The number of aromatic amines is 1. The SMILES string of the molecule is O=C(N[C@H]1CCCc2c1[nH]c1ccccc21)c1ccc(Cn2cnnn2)cc1. The van der Waals surface area contributed by atoms with Crippen LogP contribution in [0, 0.1) is 0 Å². The summed E-state index contributed by atoms with van der Waals surface area (Å²) in [5, 5.41) is 15.6. The fraction of sp³-hybridized carbons (Fsp3) is 0.238. The van der Waals surface area contributed by atoms with E-state index < -0.39 is 0 Å². The van der Waals surface area contributed by atoms with Crippen LogP contribution in [-0.4, -0.2) is 31.1 Å². The molecule has 2 N–H and O–H groups in total. The lowest BCUT2D eigenvalue weighted by Crippen LogP contribution is -2.31. The summed E-state index contributed by atoms with van der Waals surface area (Å²) in [6, 6.07) is 15.9. The molecule has 4 aromatic rings. The van der Waals surface area contributed by atoms with Crippen LogP contribution in [0.2, 0.25) is 0 Å². The first-order valence-electron chi connectivity index (χ1n) is 9.48. The Morgan fingerprint density at radius 2 is 2.04 bits per heavy atom. The van der Waals surface area contributed by atoms with Crippen LogP contribution in [0.1, 0.15) is 46.1 Å². The number of fused-ring (bicyclic) bond motifs is 3. The van der Waals surface area contributed by atoms with E-state index in [1.54, 1.807) is 11.0 Å². The summed E-state index contributed by atoms with van der Waals surface area (Å²) >= 11 is 0. The lowest BCUT2D eigenvalue weighted by Gasteiger charge is -2.24. The van der Waals surface area contributed by atoms with Gasteiger partial charge in [-0.05, 0) is 59.0 Å². The predicted octanol–water partition coefficient (Wildman–Crippen LogP) is 3.01. The van der Waals surface area contributed by atoms with Crippen molar-refractivity contribution in [3.05, 3.63) is 77.2 Å². The van der Waals surface area contributed by atoms with Gasteiger partial charge in [0.05, 0.1) is 12.6 Å². The standard InChI is InChI=1S/C21H20N6O/c28-21(15-10-8-14(9-11-15)12-27-13-22-25-26-27)24-19-7-3-5-17-16-4-1-2-6-18(16)23-20(17)19/h1-2,4,6,8-11,13,19,23H,3,5,7,12H2,(H,24,28)/t19-/m0/s1. The molecule has 2 heterocycles. The molecule has 1 aliphatic carbocycles. The third-order valence-electron chi connectivity index (χ3n) is 5.37. The molecule has 0 radical (unpaired) electrons. The molecule has 0 unspecified atom stereocenters. The highest BCUT2D eigenvalue weighted by Crippen LogP contribution is 2.34. The summed E-state index contributed by atoms with van der Waals surface area (Å²) in [5.41, 5.74) is 5.32. The van der Waals surface area contributed by atoms with Gasteiger partial charge in [-0.25, -0.2) is 4.68 Å². The highest BCUT2D eigenvalue weighted by atomic mass is 16.1. The quantitative estimate of drug-likeness (QED) is 0.576. The summed E-state index contributed by atoms with van der Waals surface area (Å²) in [6.45, 7) is 0.579. The molecule has 28 heavy (non-hydrogen) atoms. The maximum absolute atomic E-state index is 12.8. The first-order valence-corrected chi connectivity index (χ1v) is 9.48. The zero-order chi connectivity index (χ0) is 18.9. The Hall–Kier alpha value is -3.48. The number of nitrogens with zero attached hydrogens (tertiary/aromatic N) is 4. The summed E-state index contributed by atoms with van der Waals surface area (Å²) in [7, 11) is 0. The lowest BCUT2D eigenvalue weighted by molar-refractivity contribution is 0.0932. The second kappa shape index (κ2) is 6.92.